The maximum Gasteiger partial charge on any atom is 0.260 e. The standard InChI is InChI=1S/C19H18ClN3O3/c1-13-7-9-14(10-8-13)25-12-18(24)23(2)11-17-21-19(22-26-17)15-5-3-4-6-16(15)20/h3-10H,11-12H2,1-2H3. The zero-order valence-corrected chi connectivity index (χ0v) is 15.2. The van der Waals surface area contributed by atoms with Crippen molar-refractivity contribution in [3.05, 3.63) is 65.0 Å². The fourth-order valence-corrected chi connectivity index (χ4v) is 2.47. The van der Waals surface area contributed by atoms with Crippen molar-refractivity contribution in [1.82, 2.24) is 15.0 Å². The maximum atomic E-state index is 12.2. The summed E-state index contributed by atoms with van der Waals surface area (Å²) in [5.74, 6) is 1.17. The molecule has 0 saturated carbocycles. The fraction of sp³-hybridized carbons (Fsp3) is 0.211. The number of ether oxygens (including phenoxy) is 1. The molecule has 0 aliphatic rings. The lowest BCUT2D eigenvalue weighted by Crippen LogP contribution is -2.31. The number of likely N-dealkylation sites (N-methyl/N-ethyl adjacent to an activating group) is 1. The van der Waals surface area contributed by atoms with Gasteiger partial charge in [-0.1, -0.05) is 46.6 Å². The third-order valence-corrected chi connectivity index (χ3v) is 4.09. The van der Waals surface area contributed by atoms with Gasteiger partial charge in [-0.25, -0.2) is 0 Å². The number of amides is 1. The topological polar surface area (TPSA) is 68.5 Å². The Morgan fingerprint density at radius 3 is 2.65 bits per heavy atom. The molecular weight excluding hydrogens is 354 g/mol. The minimum absolute atomic E-state index is 0.0644. The summed E-state index contributed by atoms with van der Waals surface area (Å²) in [6, 6.07) is 14.7. The van der Waals surface area contributed by atoms with Gasteiger partial charge >= 0.3 is 0 Å². The van der Waals surface area contributed by atoms with Crippen molar-refractivity contribution in [2.75, 3.05) is 13.7 Å². The van der Waals surface area contributed by atoms with Crippen molar-refractivity contribution in [1.29, 1.82) is 0 Å². The Morgan fingerprint density at radius 1 is 1.19 bits per heavy atom. The fourth-order valence-electron chi connectivity index (χ4n) is 2.25. The summed E-state index contributed by atoms with van der Waals surface area (Å²) >= 11 is 6.13. The van der Waals surface area contributed by atoms with E-state index in [0.29, 0.717) is 28.1 Å². The van der Waals surface area contributed by atoms with E-state index < -0.39 is 0 Å². The van der Waals surface area contributed by atoms with E-state index in [1.807, 2.05) is 43.3 Å². The van der Waals surface area contributed by atoms with E-state index in [4.69, 9.17) is 20.9 Å². The minimum atomic E-state index is -0.192. The van der Waals surface area contributed by atoms with E-state index in [0.717, 1.165) is 5.56 Å². The molecule has 0 unspecified atom stereocenters. The summed E-state index contributed by atoms with van der Waals surface area (Å²) in [7, 11) is 1.65. The summed E-state index contributed by atoms with van der Waals surface area (Å²) in [6.45, 7) is 2.11. The van der Waals surface area contributed by atoms with Gasteiger partial charge in [0.25, 0.3) is 5.91 Å². The molecule has 3 aromatic rings. The van der Waals surface area contributed by atoms with Crippen LogP contribution in [0, 0.1) is 6.92 Å². The molecule has 0 aliphatic heterocycles. The van der Waals surface area contributed by atoms with Gasteiger partial charge in [0.15, 0.2) is 6.61 Å². The van der Waals surface area contributed by atoms with Gasteiger partial charge in [0, 0.05) is 12.6 Å². The Hall–Kier alpha value is -2.86. The first-order chi connectivity index (χ1) is 12.5. The van der Waals surface area contributed by atoms with Crippen LogP contribution in [0.5, 0.6) is 5.75 Å². The first-order valence-electron chi connectivity index (χ1n) is 8.04. The van der Waals surface area contributed by atoms with E-state index in [9.17, 15) is 4.79 Å². The zero-order valence-electron chi connectivity index (χ0n) is 14.5. The van der Waals surface area contributed by atoms with Crippen molar-refractivity contribution >= 4 is 17.5 Å². The number of nitrogens with zero attached hydrogens (tertiary/aromatic N) is 3. The number of aromatic nitrogens is 2. The zero-order chi connectivity index (χ0) is 18.5. The lowest BCUT2D eigenvalue weighted by atomic mass is 10.2. The van der Waals surface area contributed by atoms with Gasteiger partial charge in [0.1, 0.15) is 5.75 Å². The number of rotatable bonds is 6. The molecule has 1 amide bonds. The first-order valence-corrected chi connectivity index (χ1v) is 8.41. The Bertz CT molecular complexity index is 893. The van der Waals surface area contributed by atoms with Crippen LogP contribution in [0.25, 0.3) is 11.4 Å². The Labute approximate surface area is 156 Å². The summed E-state index contributed by atoms with van der Waals surface area (Å²) in [5.41, 5.74) is 1.81. The van der Waals surface area contributed by atoms with Crippen LogP contribution in [-0.2, 0) is 11.3 Å². The molecule has 134 valence electrons. The van der Waals surface area contributed by atoms with Crippen LogP contribution < -0.4 is 4.74 Å². The molecule has 2 aromatic carbocycles. The van der Waals surface area contributed by atoms with Gasteiger partial charge in [0.2, 0.25) is 11.7 Å². The van der Waals surface area contributed by atoms with E-state index in [1.165, 1.54) is 4.90 Å². The summed E-state index contributed by atoms with van der Waals surface area (Å²) in [4.78, 5) is 18.0. The van der Waals surface area contributed by atoms with E-state index in [-0.39, 0.29) is 19.1 Å². The highest BCUT2D eigenvalue weighted by atomic mass is 35.5. The molecule has 0 fully saturated rings. The monoisotopic (exact) mass is 371 g/mol. The molecule has 1 aromatic heterocycles. The molecule has 0 spiro atoms. The molecule has 3 rings (SSSR count). The number of carbonyl (C=O) groups excluding carboxylic acids is 1. The highest BCUT2D eigenvalue weighted by molar-refractivity contribution is 6.33. The quantitative estimate of drug-likeness (QED) is 0.660. The second-order valence-corrected chi connectivity index (χ2v) is 6.25. The SMILES string of the molecule is Cc1ccc(OCC(=O)N(C)Cc2nc(-c3ccccc3Cl)no2)cc1. The van der Waals surface area contributed by atoms with Gasteiger partial charge in [-0.2, -0.15) is 4.98 Å². The average Bonchev–Trinajstić information content (AvgIpc) is 3.09. The summed E-state index contributed by atoms with van der Waals surface area (Å²) in [6.07, 6.45) is 0. The van der Waals surface area contributed by atoms with Crippen LogP contribution in [0.15, 0.2) is 53.1 Å². The second-order valence-electron chi connectivity index (χ2n) is 5.84. The molecule has 7 heteroatoms. The molecule has 0 saturated heterocycles. The number of aryl methyl sites for hydroxylation is 1. The largest absolute Gasteiger partial charge is 0.484 e. The molecule has 1 heterocycles. The molecular formula is C19H18ClN3O3. The average molecular weight is 372 g/mol. The van der Waals surface area contributed by atoms with E-state index >= 15 is 0 Å². The molecule has 0 bridgehead atoms. The van der Waals surface area contributed by atoms with Crippen LogP contribution in [0.2, 0.25) is 5.02 Å². The highest BCUT2D eigenvalue weighted by Gasteiger charge is 2.16. The predicted molar refractivity (Wildman–Crippen MR) is 97.9 cm³/mol. The van der Waals surface area contributed by atoms with Crippen LogP contribution in [0.3, 0.4) is 0 Å². The van der Waals surface area contributed by atoms with Gasteiger partial charge < -0.3 is 14.2 Å². The summed E-state index contributed by atoms with van der Waals surface area (Å²) < 4.78 is 10.7. The van der Waals surface area contributed by atoms with Crippen molar-refractivity contribution < 1.29 is 14.1 Å². The molecule has 6 nitrogen and oxygen atoms in total. The smallest absolute Gasteiger partial charge is 0.260 e. The first kappa shape index (κ1) is 17.9. The van der Waals surface area contributed by atoms with Crippen LogP contribution >= 0.6 is 11.6 Å². The Balaban J connectivity index is 1.57. The second kappa shape index (κ2) is 8.01. The van der Waals surface area contributed by atoms with Crippen LogP contribution in [-0.4, -0.2) is 34.6 Å². The number of hydrogen-bond donors (Lipinski definition) is 0. The number of halogens is 1. The van der Waals surface area contributed by atoms with Crippen molar-refractivity contribution in [3.63, 3.8) is 0 Å². The third-order valence-electron chi connectivity index (χ3n) is 3.76. The van der Waals surface area contributed by atoms with Crippen molar-refractivity contribution in [2.45, 2.75) is 13.5 Å². The lowest BCUT2D eigenvalue weighted by Gasteiger charge is -2.15. The molecule has 26 heavy (non-hydrogen) atoms. The number of benzene rings is 2. The van der Waals surface area contributed by atoms with Crippen LogP contribution in [0.4, 0.5) is 0 Å². The van der Waals surface area contributed by atoms with E-state index in [1.54, 1.807) is 19.2 Å². The van der Waals surface area contributed by atoms with Gasteiger partial charge in [-0.05, 0) is 31.2 Å². The van der Waals surface area contributed by atoms with Crippen molar-refractivity contribution in [3.8, 4) is 17.1 Å². The Kier molecular flexibility index (Phi) is 5.53. The van der Waals surface area contributed by atoms with Gasteiger partial charge in [0.05, 0.1) is 11.6 Å². The third kappa shape index (κ3) is 4.40. The lowest BCUT2D eigenvalue weighted by molar-refractivity contribution is -0.132. The molecule has 0 aliphatic carbocycles. The normalized spacial score (nSPS) is 10.6. The Morgan fingerprint density at radius 2 is 1.92 bits per heavy atom. The van der Waals surface area contributed by atoms with Gasteiger partial charge in [-0.15, -0.1) is 0 Å². The number of carbonyl (C=O) groups is 1. The molecule has 0 radical (unpaired) electrons. The van der Waals surface area contributed by atoms with E-state index in [2.05, 4.69) is 10.1 Å². The highest BCUT2D eigenvalue weighted by Crippen LogP contribution is 2.25. The number of hydrogen-bond acceptors (Lipinski definition) is 5. The van der Waals surface area contributed by atoms with Crippen molar-refractivity contribution in [2.24, 2.45) is 0 Å². The molecule has 0 atom stereocenters. The predicted octanol–water partition coefficient (Wildman–Crippen LogP) is 3.74. The maximum absolute atomic E-state index is 12.2. The van der Waals surface area contributed by atoms with Gasteiger partial charge in [-0.3, -0.25) is 4.79 Å². The van der Waals surface area contributed by atoms with Crippen LogP contribution in [0.1, 0.15) is 11.5 Å². The molecule has 0 N–H and O–H groups in total. The summed E-state index contributed by atoms with van der Waals surface area (Å²) in [5, 5.41) is 4.46. The minimum Gasteiger partial charge on any atom is -0.484 e.